The van der Waals surface area contributed by atoms with Crippen molar-refractivity contribution >= 4 is 16.4 Å². The van der Waals surface area contributed by atoms with E-state index in [9.17, 15) is 0 Å². The Morgan fingerprint density at radius 3 is 2.25 bits per heavy atom. The zero-order valence-electron chi connectivity index (χ0n) is 9.21. The number of nitrogens with zero attached hydrogens (tertiary/aromatic N) is 1. The molecule has 0 saturated carbocycles. The van der Waals surface area contributed by atoms with Crippen LogP contribution in [0, 0.1) is 5.41 Å². The molecule has 1 fully saturated rings. The summed E-state index contributed by atoms with van der Waals surface area (Å²) in [5.74, 6) is 0.186. The maximum atomic E-state index is 8.74. The van der Waals surface area contributed by atoms with Crippen molar-refractivity contribution in [1.29, 1.82) is 5.41 Å². The molecule has 0 aromatic carbocycles. The standard InChI is InChI=1S/C7H16N4.H2O4S/c1-5-4-11(7(8)9)6(2)3-10-5;1-5(2,3)4/h5-6,10H,3-4H2,1-2H3,(H3,8,9);(H2,1,2,3,4). The average molecular weight is 254 g/mol. The molecule has 2 atom stereocenters. The first-order chi connectivity index (χ1) is 7.11. The molecule has 9 heteroatoms. The van der Waals surface area contributed by atoms with E-state index in [2.05, 4.69) is 19.2 Å². The van der Waals surface area contributed by atoms with Gasteiger partial charge >= 0.3 is 10.4 Å². The molecule has 0 bridgehead atoms. The van der Waals surface area contributed by atoms with Crippen molar-refractivity contribution in [3.63, 3.8) is 0 Å². The number of rotatable bonds is 0. The molecule has 96 valence electrons. The number of piperazine rings is 1. The van der Waals surface area contributed by atoms with E-state index in [1.165, 1.54) is 0 Å². The third-order valence-electron chi connectivity index (χ3n) is 2.07. The monoisotopic (exact) mass is 254 g/mol. The zero-order chi connectivity index (χ0) is 12.9. The van der Waals surface area contributed by atoms with Crippen LogP contribution in [0.2, 0.25) is 0 Å². The van der Waals surface area contributed by atoms with E-state index in [1.807, 2.05) is 4.90 Å². The lowest BCUT2D eigenvalue weighted by atomic mass is 10.1. The Balaban J connectivity index is 0.000000385. The Bertz CT molecular complexity index is 323. The second-order valence-corrected chi connectivity index (χ2v) is 4.54. The largest absolute Gasteiger partial charge is 0.394 e. The zero-order valence-corrected chi connectivity index (χ0v) is 10.0. The SMILES string of the molecule is CC1CN(C(=N)N)C(C)CN1.O=S(=O)(O)O. The molecule has 0 radical (unpaired) electrons. The van der Waals surface area contributed by atoms with Crippen LogP contribution in [-0.2, 0) is 10.4 Å². The van der Waals surface area contributed by atoms with Crippen LogP contribution < -0.4 is 11.1 Å². The molecule has 0 aliphatic carbocycles. The van der Waals surface area contributed by atoms with Crippen molar-refractivity contribution in [3.8, 4) is 0 Å². The molecule has 8 nitrogen and oxygen atoms in total. The third-order valence-corrected chi connectivity index (χ3v) is 2.07. The molecular formula is C7H18N4O4S. The van der Waals surface area contributed by atoms with Crippen molar-refractivity contribution in [2.45, 2.75) is 25.9 Å². The van der Waals surface area contributed by atoms with Gasteiger partial charge in [0.2, 0.25) is 0 Å². The molecule has 1 saturated heterocycles. The molecule has 1 aliphatic rings. The van der Waals surface area contributed by atoms with Crippen molar-refractivity contribution in [2.24, 2.45) is 5.73 Å². The van der Waals surface area contributed by atoms with Crippen LogP contribution in [0.15, 0.2) is 0 Å². The van der Waals surface area contributed by atoms with Crippen LogP contribution in [0.1, 0.15) is 13.8 Å². The molecule has 0 aromatic rings. The summed E-state index contributed by atoms with van der Waals surface area (Å²) >= 11 is 0. The van der Waals surface area contributed by atoms with Crippen LogP contribution in [-0.4, -0.2) is 53.6 Å². The maximum Gasteiger partial charge on any atom is 0.394 e. The molecule has 0 amide bonds. The first-order valence-electron chi connectivity index (χ1n) is 4.65. The highest BCUT2D eigenvalue weighted by molar-refractivity contribution is 7.79. The van der Waals surface area contributed by atoms with E-state index < -0.39 is 10.4 Å². The number of nitrogens with two attached hydrogens (primary N) is 1. The van der Waals surface area contributed by atoms with Gasteiger partial charge in [-0.3, -0.25) is 14.5 Å². The van der Waals surface area contributed by atoms with E-state index in [1.54, 1.807) is 0 Å². The quantitative estimate of drug-likeness (QED) is 0.210. The summed E-state index contributed by atoms with van der Waals surface area (Å²) in [5, 5.41) is 10.6. The summed E-state index contributed by atoms with van der Waals surface area (Å²) in [6.07, 6.45) is 0. The van der Waals surface area contributed by atoms with Crippen molar-refractivity contribution in [2.75, 3.05) is 13.1 Å². The van der Waals surface area contributed by atoms with Gasteiger partial charge in [0.1, 0.15) is 0 Å². The van der Waals surface area contributed by atoms with Gasteiger partial charge in [-0.2, -0.15) is 8.42 Å². The van der Waals surface area contributed by atoms with E-state index in [-0.39, 0.29) is 5.96 Å². The van der Waals surface area contributed by atoms with Gasteiger partial charge in [-0.05, 0) is 13.8 Å². The summed E-state index contributed by atoms with van der Waals surface area (Å²) in [7, 11) is -4.67. The lowest BCUT2D eigenvalue weighted by Crippen LogP contribution is -2.57. The number of guanidine groups is 1. The predicted octanol–water partition coefficient (Wildman–Crippen LogP) is -1.09. The molecule has 0 spiro atoms. The minimum absolute atomic E-state index is 0.186. The van der Waals surface area contributed by atoms with Crippen LogP contribution in [0.25, 0.3) is 0 Å². The first-order valence-corrected chi connectivity index (χ1v) is 6.05. The van der Waals surface area contributed by atoms with Gasteiger partial charge < -0.3 is 16.0 Å². The molecule has 16 heavy (non-hydrogen) atoms. The maximum absolute atomic E-state index is 8.74. The van der Waals surface area contributed by atoms with Gasteiger partial charge in [0.25, 0.3) is 0 Å². The predicted molar refractivity (Wildman–Crippen MR) is 59.7 cm³/mol. The van der Waals surface area contributed by atoms with Gasteiger partial charge in [-0.15, -0.1) is 0 Å². The van der Waals surface area contributed by atoms with Gasteiger partial charge in [0, 0.05) is 25.2 Å². The third kappa shape index (κ3) is 7.40. The summed E-state index contributed by atoms with van der Waals surface area (Å²) < 4.78 is 31.6. The fraction of sp³-hybridized carbons (Fsp3) is 0.857. The highest BCUT2D eigenvalue weighted by Crippen LogP contribution is 2.04. The summed E-state index contributed by atoms with van der Waals surface area (Å²) in [4.78, 5) is 1.92. The second-order valence-electron chi connectivity index (χ2n) is 3.64. The molecule has 1 rings (SSSR count). The Morgan fingerprint density at radius 2 is 1.94 bits per heavy atom. The lowest BCUT2D eigenvalue weighted by molar-refractivity contribution is 0.231. The van der Waals surface area contributed by atoms with Crippen LogP contribution >= 0.6 is 0 Å². The highest BCUT2D eigenvalue weighted by atomic mass is 32.3. The van der Waals surface area contributed by atoms with E-state index in [4.69, 9.17) is 28.7 Å². The smallest absolute Gasteiger partial charge is 0.370 e. The minimum atomic E-state index is -4.67. The van der Waals surface area contributed by atoms with Crippen molar-refractivity contribution in [1.82, 2.24) is 10.2 Å². The number of nitrogens with one attached hydrogen (secondary N) is 2. The molecule has 1 heterocycles. The molecule has 0 aromatic heterocycles. The van der Waals surface area contributed by atoms with Crippen LogP contribution in [0.5, 0.6) is 0 Å². The normalized spacial score (nSPS) is 25.6. The van der Waals surface area contributed by atoms with Gasteiger partial charge in [0.05, 0.1) is 0 Å². The Morgan fingerprint density at radius 1 is 1.50 bits per heavy atom. The molecule has 1 aliphatic heterocycles. The average Bonchev–Trinajstić information content (AvgIpc) is 2.06. The van der Waals surface area contributed by atoms with E-state index in [0.717, 1.165) is 13.1 Å². The number of hydrogen-bond donors (Lipinski definition) is 5. The van der Waals surface area contributed by atoms with Gasteiger partial charge in [-0.1, -0.05) is 0 Å². The van der Waals surface area contributed by atoms with Crippen LogP contribution in [0.4, 0.5) is 0 Å². The van der Waals surface area contributed by atoms with Crippen molar-refractivity contribution < 1.29 is 17.5 Å². The highest BCUT2D eigenvalue weighted by Gasteiger charge is 2.22. The Kier molecular flexibility index (Phi) is 5.65. The lowest BCUT2D eigenvalue weighted by Gasteiger charge is -2.37. The summed E-state index contributed by atoms with van der Waals surface area (Å²) in [6.45, 7) is 5.93. The fourth-order valence-corrected chi connectivity index (χ4v) is 1.36. The fourth-order valence-electron chi connectivity index (χ4n) is 1.36. The first kappa shape index (κ1) is 15.1. The topological polar surface area (TPSA) is 140 Å². The van der Waals surface area contributed by atoms with E-state index >= 15 is 0 Å². The Hall–Kier alpha value is -0.900. The van der Waals surface area contributed by atoms with Gasteiger partial charge in [-0.25, -0.2) is 0 Å². The second kappa shape index (κ2) is 5.99. The molecule has 2 unspecified atom stereocenters. The Labute approximate surface area is 94.9 Å². The summed E-state index contributed by atoms with van der Waals surface area (Å²) in [5.41, 5.74) is 5.40. The number of hydrogen-bond acceptors (Lipinski definition) is 4. The van der Waals surface area contributed by atoms with Crippen LogP contribution in [0.3, 0.4) is 0 Å². The van der Waals surface area contributed by atoms with Gasteiger partial charge in [0.15, 0.2) is 5.96 Å². The minimum Gasteiger partial charge on any atom is -0.370 e. The summed E-state index contributed by atoms with van der Waals surface area (Å²) in [6, 6.07) is 0.791. The molecule has 6 N–H and O–H groups in total. The van der Waals surface area contributed by atoms with E-state index in [0.29, 0.717) is 12.1 Å². The van der Waals surface area contributed by atoms with Crippen molar-refractivity contribution in [3.05, 3.63) is 0 Å². The molecular weight excluding hydrogens is 236 g/mol.